The number of carbonyl (C=O) groups is 2. The number of nitrogens with one attached hydrogen (secondary N) is 1. The van der Waals surface area contributed by atoms with Crippen molar-refractivity contribution in [1.82, 2.24) is 5.32 Å². The second kappa shape index (κ2) is 10.3. The van der Waals surface area contributed by atoms with Gasteiger partial charge in [0.2, 0.25) is 0 Å². The highest BCUT2D eigenvalue weighted by molar-refractivity contribution is 6.30. The van der Waals surface area contributed by atoms with Gasteiger partial charge in [-0.2, -0.15) is 0 Å². The molecular weight excluding hydrogens is 434 g/mol. The maximum absolute atomic E-state index is 12.3. The van der Waals surface area contributed by atoms with Crippen molar-refractivity contribution in [2.24, 2.45) is 0 Å². The summed E-state index contributed by atoms with van der Waals surface area (Å²) < 4.78 is 11.0. The molecule has 1 heterocycles. The van der Waals surface area contributed by atoms with Crippen molar-refractivity contribution < 1.29 is 23.8 Å². The van der Waals surface area contributed by atoms with E-state index in [0.717, 1.165) is 23.8 Å². The van der Waals surface area contributed by atoms with Gasteiger partial charge in [0.25, 0.3) is 5.91 Å². The van der Waals surface area contributed by atoms with E-state index < -0.39 is 30.2 Å². The summed E-state index contributed by atoms with van der Waals surface area (Å²) in [5.41, 5.74) is 2.13. The van der Waals surface area contributed by atoms with Crippen molar-refractivity contribution in [2.75, 3.05) is 6.61 Å². The Morgan fingerprint density at radius 3 is 2.56 bits per heavy atom. The zero-order valence-electron chi connectivity index (χ0n) is 17.8. The molecule has 0 saturated carbocycles. The second-order valence-electron chi connectivity index (χ2n) is 7.46. The minimum atomic E-state index is -1.40. The summed E-state index contributed by atoms with van der Waals surface area (Å²) in [6, 6.07) is 10.4. The van der Waals surface area contributed by atoms with E-state index in [2.05, 4.69) is 5.32 Å². The first-order valence-corrected chi connectivity index (χ1v) is 10.6. The van der Waals surface area contributed by atoms with Crippen LogP contribution in [0.1, 0.15) is 30.0 Å². The number of amides is 1. The number of aliphatic carboxylic acids is 1. The molecular formula is C24H23ClNO6-. The van der Waals surface area contributed by atoms with Gasteiger partial charge in [-0.1, -0.05) is 37.1 Å². The number of fused-ring (bicyclic) bond motifs is 1. The summed E-state index contributed by atoms with van der Waals surface area (Å²) in [5, 5.41) is 15.2. The summed E-state index contributed by atoms with van der Waals surface area (Å²) in [6.07, 6.45) is 1.67. The quantitative estimate of drug-likeness (QED) is 0.496. The Morgan fingerprint density at radius 1 is 1.19 bits per heavy atom. The minimum absolute atomic E-state index is 0.0472. The van der Waals surface area contributed by atoms with Crippen LogP contribution in [-0.2, 0) is 22.4 Å². The maximum Gasteiger partial charge on any atom is 0.336 e. The number of aryl methyl sites for hydroxylation is 2. The third kappa shape index (κ3) is 5.68. The van der Waals surface area contributed by atoms with Gasteiger partial charge in [-0.25, -0.2) is 4.79 Å². The summed E-state index contributed by atoms with van der Waals surface area (Å²) >= 11 is 5.84. The smallest absolute Gasteiger partial charge is 0.336 e. The molecule has 0 saturated heterocycles. The van der Waals surface area contributed by atoms with Crippen molar-refractivity contribution in [3.8, 4) is 5.75 Å². The van der Waals surface area contributed by atoms with Crippen LogP contribution >= 0.6 is 11.6 Å². The molecule has 0 bridgehead atoms. The Hall–Kier alpha value is -3.32. The SMILES string of the molecule is CCCc1cc(=O)oc2c(C)c(OCC(=O)N[C@@H](Cc3ccc(Cl)cc3)C(=O)[O-])ccc12. The molecule has 8 heteroatoms. The van der Waals surface area contributed by atoms with E-state index in [4.69, 9.17) is 20.8 Å². The molecule has 3 rings (SSSR count). The first-order valence-electron chi connectivity index (χ1n) is 10.2. The molecule has 1 aromatic heterocycles. The predicted octanol–water partition coefficient (Wildman–Crippen LogP) is 2.56. The zero-order valence-corrected chi connectivity index (χ0v) is 18.5. The molecule has 0 fully saturated rings. The van der Waals surface area contributed by atoms with Crippen LogP contribution in [0.25, 0.3) is 11.0 Å². The molecule has 1 amide bonds. The number of hydrogen-bond donors (Lipinski definition) is 1. The van der Waals surface area contributed by atoms with E-state index >= 15 is 0 Å². The van der Waals surface area contributed by atoms with E-state index in [9.17, 15) is 19.5 Å². The van der Waals surface area contributed by atoms with Crippen LogP contribution in [0.2, 0.25) is 5.02 Å². The summed E-state index contributed by atoms with van der Waals surface area (Å²) in [5.74, 6) is -1.65. The first kappa shape index (κ1) is 23.3. The van der Waals surface area contributed by atoms with Crippen LogP contribution in [0, 0.1) is 6.92 Å². The normalized spacial score (nSPS) is 11.8. The largest absolute Gasteiger partial charge is 0.548 e. The van der Waals surface area contributed by atoms with Gasteiger partial charge in [0.15, 0.2) is 6.61 Å². The number of carboxylic acids is 1. The van der Waals surface area contributed by atoms with E-state index in [1.54, 1.807) is 43.3 Å². The topological polar surface area (TPSA) is 109 Å². The van der Waals surface area contributed by atoms with Gasteiger partial charge in [-0.05, 0) is 55.2 Å². The monoisotopic (exact) mass is 456 g/mol. The van der Waals surface area contributed by atoms with Crippen LogP contribution in [0.15, 0.2) is 51.7 Å². The van der Waals surface area contributed by atoms with E-state index in [1.807, 2.05) is 6.92 Å². The lowest BCUT2D eigenvalue weighted by Crippen LogP contribution is -2.50. The van der Waals surface area contributed by atoms with Gasteiger partial charge >= 0.3 is 5.63 Å². The highest BCUT2D eigenvalue weighted by Crippen LogP contribution is 2.29. The molecule has 168 valence electrons. The summed E-state index contributed by atoms with van der Waals surface area (Å²) in [7, 11) is 0. The third-order valence-corrected chi connectivity index (χ3v) is 5.30. The number of carboxylic acid groups (broad SMARTS) is 1. The van der Waals surface area contributed by atoms with Crippen molar-refractivity contribution in [2.45, 2.75) is 39.2 Å². The third-order valence-electron chi connectivity index (χ3n) is 5.05. The highest BCUT2D eigenvalue weighted by atomic mass is 35.5. The molecule has 0 aliphatic heterocycles. The Labute approximate surface area is 190 Å². The van der Waals surface area contributed by atoms with Gasteiger partial charge in [0.1, 0.15) is 11.3 Å². The van der Waals surface area contributed by atoms with Crippen molar-refractivity contribution in [3.05, 3.63) is 74.6 Å². The van der Waals surface area contributed by atoms with Crippen molar-refractivity contribution >= 4 is 34.4 Å². The number of hydrogen-bond acceptors (Lipinski definition) is 6. The minimum Gasteiger partial charge on any atom is -0.548 e. The number of rotatable bonds is 9. The maximum atomic E-state index is 12.3. The molecule has 1 N–H and O–H groups in total. The van der Waals surface area contributed by atoms with Crippen molar-refractivity contribution in [1.29, 1.82) is 0 Å². The molecule has 0 aliphatic rings. The summed E-state index contributed by atoms with van der Waals surface area (Å²) in [6.45, 7) is 3.35. The van der Waals surface area contributed by atoms with Crippen LogP contribution in [-0.4, -0.2) is 24.5 Å². The van der Waals surface area contributed by atoms with Crippen molar-refractivity contribution in [3.63, 3.8) is 0 Å². The number of benzene rings is 2. The van der Waals surface area contributed by atoms with Gasteiger partial charge in [-0.3, -0.25) is 4.79 Å². The first-order chi connectivity index (χ1) is 15.3. The fourth-order valence-corrected chi connectivity index (χ4v) is 3.60. The highest BCUT2D eigenvalue weighted by Gasteiger charge is 2.16. The van der Waals surface area contributed by atoms with E-state index in [0.29, 0.717) is 27.5 Å². The molecule has 1 atom stereocenters. The average Bonchev–Trinajstić information content (AvgIpc) is 2.75. The lowest BCUT2D eigenvalue weighted by molar-refractivity contribution is -0.308. The standard InChI is InChI=1S/C24H24ClNO6/c1-3-4-16-12-22(28)32-23-14(2)20(10-9-18(16)23)31-13-21(27)26-19(24(29)30)11-15-5-7-17(25)8-6-15/h5-10,12,19H,3-4,11,13H2,1-2H3,(H,26,27)(H,29,30)/p-1/t19-/m0/s1. The number of ether oxygens (including phenoxy) is 1. The Kier molecular flexibility index (Phi) is 7.53. The Bertz CT molecular complexity index is 1190. The fraction of sp³-hybridized carbons (Fsp3) is 0.292. The molecule has 0 aliphatic carbocycles. The average molecular weight is 457 g/mol. The Balaban J connectivity index is 1.70. The molecule has 2 aromatic carbocycles. The molecule has 0 radical (unpaired) electrons. The van der Waals surface area contributed by atoms with Gasteiger partial charge in [-0.15, -0.1) is 0 Å². The van der Waals surface area contributed by atoms with Crippen LogP contribution in [0.4, 0.5) is 0 Å². The second-order valence-corrected chi connectivity index (χ2v) is 7.90. The number of carbonyl (C=O) groups excluding carboxylic acids is 2. The van der Waals surface area contributed by atoms with Crippen LogP contribution in [0.3, 0.4) is 0 Å². The molecule has 7 nitrogen and oxygen atoms in total. The predicted molar refractivity (Wildman–Crippen MR) is 119 cm³/mol. The Morgan fingerprint density at radius 2 is 1.91 bits per heavy atom. The zero-order chi connectivity index (χ0) is 23.3. The van der Waals surface area contributed by atoms with Gasteiger partial charge in [0.05, 0.1) is 12.0 Å². The lowest BCUT2D eigenvalue weighted by Gasteiger charge is -2.20. The van der Waals surface area contributed by atoms with E-state index in [-0.39, 0.29) is 6.42 Å². The molecule has 0 spiro atoms. The van der Waals surface area contributed by atoms with E-state index in [1.165, 1.54) is 6.07 Å². The molecule has 3 aromatic rings. The molecule has 32 heavy (non-hydrogen) atoms. The van der Waals surface area contributed by atoms with Crippen LogP contribution in [0.5, 0.6) is 5.75 Å². The van der Waals surface area contributed by atoms with Gasteiger partial charge < -0.3 is 24.4 Å². The van der Waals surface area contributed by atoms with Crippen LogP contribution < -0.4 is 20.8 Å². The van der Waals surface area contributed by atoms with Gasteiger partial charge in [0, 0.05) is 22.0 Å². The number of halogens is 1. The fourth-order valence-electron chi connectivity index (χ4n) is 3.47. The molecule has 0 unspecified atom stereocenters. The summed E-state index contributed by atoms with van der Waals surface area (Å²) in [4.78, 5) is 35.7. The lowest BCUT2D eigenvalue weighted by atomic mass is 10.0.